The number of carbonyl (C=O) groups is 1. The first-order chi connectivity index (χ1) is 13.3. The van der Waals surface area contributed by atoms with E-state index in [0.717, 1.165) is 6.26 Å². The molecule has 1 saturated carbocycles. The number of amides is 1. The van der Waals surface area contributed by atoms with Gasteiger partial charge in [-0.1, -0.05) is 18.2 Å². The average molecular weight is 405 g/mol. The van der Waals surface area contributed by atoms with E-state index < -0.39 is 28.1 Å². The Morgan fingerprint density at radius 3 is 2.32 bits per heavy atom. The van der Waals surface area contributed by atoms with Gasteiger partial charge in [0.15, 0.2) is 9.84 Å². The van der Waals surface area contributed by atoms with E-state index in [1.807, 2.05) is 0 Å². The van der Waals surface area contributed by atoms with Crippen LogP contribution in [0.3, 0.4) is 0 Å². The van der Waals surface area contributed by atoms with Crippen LogP contribution in [-0.4, -0.2) is 55.7 Å². The van der Waals surface area contributed by atoms with Crippen LogP contribution in [0.1, 0.15) is 16.8 Å². The summed E-state index contributed by atoms with van der Waals surface area (Å²) in [5, 5.41) is 23.3. The monoisotopic (exact) mass is 405 g/mol. The van der Waals surface area contributed by atoms with Crippen LogP contribution in [0.15, 0.2) is 59.5 Å². The van der Waals surface area contributed by atoms with Crippen LogP contribution in [-0.2, 0) is 9.84 Å². The number of ether oxygens (including phenoxy) is 1. The fourth-order valence-corrected chi connectivity index (χ4v) is 3.89. The van der Waals surface area contributed by atoms with Crippen LogP contribution >= 0.6 is 0 Å². The molecule has 0 heterocycles. The summed E-state index contributed by atoms with van der Waals surface area (Å²) in [6.45, 7) is 0.133. The first-order valence-electron chi connectivity index (χ1n) is 8.90. The predicted octanol–water partition coefficient (Wildman–Crippen LogP) is 1.01. The third kappa shape index (κ3) is 4.70. The van der Waals surface area contributed by atoms with Gasteiger partial charge in [-0.25, -0.2) is 8.42 Å². The summed E-state index contributed by atoms with van der Waals surface area (Å²) in [7, 11) is -3.28. The number of sulfone groups is 1. The van der Waals surface area contributed by atoms with Crippen molar-refractivity contribution in [3.8, 4) is 5.75 Å². The Morgan fingerprint density at radius 1 is 1.07 bits per heavy atom. The molecule has 3 N–H and O–H groups in total. The van der Waals surface area contributed by atoms with E-state index in [1.54, 1.807) is 42.5 Å². The maximum Gasteiger partial charge on any atom is 0.251 e. The summed E-state index contributed by atoms with van der Waals surface area (Å²) in [6.07, 6.45) is -0.629. The molecule has 4 atom stereocenters. The van der Waals surface area contributed by atoms with Crippen LogP contribution in [0, 0.1) is 5.92 Å². The second-order valence-electron chi connectivity index (χ2n) is 6.98. The van der Waals surface area contributed by atoms with E-state index in [2.05, 4.69) is 5.32 Å². The minimum absolute atomic E-state index is 0.133. The number of hydrogen-bond acceptors (Lipinski definition) is 6. The molecule has 1 fully saturated rings. The molecule has 0 bridgehead atoms. The molecule has 7 nitrogen and oxygen atoms in total. The van der Waals surface area contributed by atoms with E-state index in [4.69, 9.17) is 4.74 Å². The van der Waals surface area contributed by atoms with E-state index in [0.29, 0.717) is 17.7 Å². The molecule has 2 aromatic carbocycles. The highest BCUT2D eigenvalue weighted by atomic mass is 32.2. The first-order valence-corrected chi connectivity index (χ1v) is 10.8. The predicted molar refractivity (Wildman–Crippen MR) is 103 cm³/mol. The van der Waals surface area contributed by atoms with Crippen molar-refractivity contribution in [2.75, 3.05) is 12.9 Å². The first kappa shape index (κ1) is 20.3. The van der Waals surface area contributed by atoms with Crippen molar-refractivity contribution in [3.05, 3.63) is 60.2 Å². The van der Waals surface area contributed by atoms with Gasteiger partial charge in [0.05, 0.1) is 23.6 Å². The van der Waals surface area contributed by atoms with E-state index in [1.165, 1.54) is 12.1 Å². The summed E-state index contributed by atoms with van der Waals surface area (Å²) in [4.78, 5) is 12.5. The van der Waals surface area contributed by atoms with Crippen LogP contribution < -0.4 is 10.1 Å². The standard InChI is InChI=1S/C20H23NO6S/c1-28(25,26)16-9-7-15(8-10-16)27-12-14-11-17(19(23)18(14)22)21-20(24)13-5-3-2-4-6-13/h2-10,14,17-19,22-23H,11-12H2,1H3,(H,21,24)/t14-,17-,18-,19+/m1/s1. The van der Waals surface area contributed by atoms with E-state index >= 15 is 0 Å². The molecule has 0 aromatic heterocycles. The maximum absolute atomic E-state index is 12.3. The largest absolute Gasteiger partial charge is 0.493 e. The Balaban J connectivity index is 1.57. The second kappa shape index (κ2) is 8.30. The summed E-state index contributed by atoms with van der Waals surface area (Å²) < 4.78 is 28.6. The Bertz CT molecular complexity index is 913. The fraction of sp³-hybridized carbons (Fsp3) is 0.350. The highest BCUT2D eigenvalue weighted by Crippen LogP contribution is 2.28. The van der Waals surface area contributed by atoms with Crippen molar-refractivity contribution < 1.29 is 28.2 Å². The maximum atomic E-state index is 12.3. The van der Waals surface area contributed by atoms with Gasteiger partial charge in [0.1, 0.15) is 11.9 Å². The molecular weight excluding hydrogens is 382 g/mol. The lowest BCUT2D eigenvalue weighted by Gasteiger charge is -2.18. The molecule has 0 saturated heterocycles. The SMILES string of the molecule is CS(=O)(=O)c1ccc(OC[C@H]2C[C@@H](NC(=O)c3ccccc3)[C@H](O)[C@@H]2O)cc1. The van der Waals surface area contributed by atoms with Crippen molar-refractivity contribution in [2.45, 2.75) is 29.6 Å². The van der Waals surface area contributed by atoms with Crippen molar-refractivity contribution in [3.63, 3.8) is 0 Å². The van der Waals surface area contributed by atoms with Crippen LogP contribution in [0.25, 0.3) is 0 Å². The van der Waals surface area contributed by atoms with Crippen LogP contribution in [0.5, 0.6) is 5.75 Å². The lowest BCUT2D eigenvalue weighted by molar-refractivity contribution is 0.00252. The van der Waals surface area contributed by atoms with E-state index in [-0.39, 0.29) is 23.3 Å². The molecule has 150 valence electrons. The van der Waals surface area contributed by atoms with Crippen LogP contribution in [0.4, 0.5) is 0 Å². The molecule has 2 aromatic rings. The van der Waals surface area contributed by atoms with Gasteiger partial charge in [-0.05, 0) is 42.8 Å². The zero-order valence-corrected chi connectivity index (χ0v) is 16.2. The Morgan fingerprint density at radius 2 is 1.71 bits per heavy atom. The molecule has 8 heteroatoms. The van der Waals surface area contributed by atoms with Crippen molar-refractivity contribution in [2.24, 2.45) is 5.92 Å². The molecular formula is C20H23NO6S. The lowest BCUT2D eigenvalue weighted by Crippen LogP contribution is -2.43. The number of nitrogens with one attached hydrogen (secondary N) is 1. The van der Waals surface area contributed by atoms with Gasteiger partial charge < -0.3 is 20.3 Å². The summed E-state index contributed by atoms with van der Waals surface area (Å²) in [5.41, 5.74) is 0.481. The quantitative estimate of drug-likeness (QED) is 0.661. The Hall–Kier alpha value is -2.42. The normalized spacial score (nSPS) is 24.7. The van der Waals surface area contributed by atoms with Crippen molar-refractivity contribution in [1.82, 2.24) is 5.32 Å². The summed E-state index contributed by atoms with van der Waals surface area (Å²) in [5.74, 6) is -0.216. The third-order valence-electron chi connectivity index (χ3n) is 4.87. The smallest absolute Gasteiger partial charge is 0.251 e. The lowest BCUT2D eigenvalue weighted by atomic mass is 10.1. The molecule has 3 rings (SSSR count). The number of aliphatic hydroxyl groups is 2. The van der Waals surface area contributed by atoms with Gasteiger partial charge in [-0.2, -0.15) is 0 Å². The zero-order chi connectivity index (χ0) is 20.3. The summed E-state index contributed by atoms with van der Waals surface area (Å²) in [6, 6.07) is 14.1. The minimum Gasteiger partial charge on any atom is -0.493 e. The summed E-state index contributed by atoms with van der Waals surface area (Å²) >= 11 is 0. The molecule has 0 aliphatic heterocycles. The molecule has 1 aliphatic carbocycles. The minimum atomic E-state index is -3.28. The molecule has 1 amide bonds. The van der Waals surface area contributed by atoms with Gasteiger partial charge in [-0.15, -0.1) is 0 Å². The van der Waals surface area contributed by atoms with Crippen molar-refractivity contribution in [1.29, 1.82) is 0 Å². The number of aliphatic hydroxyl groups excluding tert-OH is 2. The highest BCUT2D eigenvalue weighted by molar-refractivity contribution is 7.90. The average Bonchev–Trinajstić information content (AvgIpc) is 2.94. The second-order valence-corrected chi connectivity index (χ2v) is 8.99. The molecule has 1 aliphatic rings. The molecule has 28 heavy (non-hydrogen) atoms. The fourth-order valence-electron chi connectivity index (χ4n) is 3.26. The van der Waals surface area contributed by atoms with Gasteiger partial charge in [0.2, 0.25) is 0 Å². The van der Waals surface area contributed by atoms with Crippen LogP contribution in [0.2, 0.25) is 0 Å². The number of carbonyl (C=O) groups excluding carboxylic acids is 1. The number of benzene rings is 2. The van der Waals surface area contributed by atoms with Gasteiger partial charge in [0, 0.05) is 17.7 Å². The Kier molecular flexibility index (Phi) is 6.02. The van der Waals surface area contributed by atoms with Crippen molar-refractivity contribution >= 4 is 15.7 Å². The van der Waals surface area contributed by atoms with Gasteiger partial charge in [0.25, 0.3) is 5.91 Å². The number of rotatable bonds is 6. The highest BCUT2D eigenvalue weighted by Gasteiger charge is 2.42. The topological polar surface area (TPSA) is 113 Å². The van der Waals surface area contributed by atoms with Gasteiger partial charge >= 0.3 is 0 Å². The molecule has 0 radical (unpaired) electrons. The number of hydrogen-bond donors (Lipinski definition) is 3. The molecule has 0 spiro atoms. The van der Waals surface area contributed by atoms with Gasteiger partial charge in [-0.3, -0.25) is 4.79 Å². The zero-order valence-electron chi connectivity index (χ0n) is 15.4. The molecule has 0 unspecified atom stereocenters. The van der Waals surface area contributed by atoms with E-state index in [9.17, 15) is 23.4 Å². The Labute approximate surface area is 163 Å². The third-order valence-corrected chi connectivity index (χ3v) is 6.00.